The Labute approximate surface area is 293 Å². The van der Waals surface area contributed by atoms with Crippen LogP contribution in [0.15, 0.2) is 86.0 Å². The number of carbonyl (C=O) groups excluding carboxylic acids is 5. The van der Waals surface area contributed by atoms with Crippen molar-refractivity contribution in [3.8, 4) is 0 Å². The smallest absolute Gasteiger partial charge is 0.408 e. The van der Waals surface area contributed by atoms with Crippen LogP contribution < -0.4 is 21.3 Å². The fraction of sp³-hybridized carbons (Fsp3) is 0.432. The monoisotopic (exact) mass is 694 g/mol. The summed E-state index contributed by atoms with van der Waals surface area (Å²) < 4.78 is 16.0. The third-order valence-corrected chi connectivity index (χ3v) is 7.36. The van der Waals surface area contributed by atoms with Crippen LogP contribution in [-0.2, 0) is 41.8 Å². The molecule has 50 heavy (non-hydrogen) atoms. The number of amides is 4. The van der Waals surface area contributed by atoms with E-state index in [9.17, 15) is 29.1 Å². The SMILES string of the molecule is C=CC[C@@H](CC(=O)N[C@@H](C)CO)C(=O)N[C@@H](CCCCNC(=O)OCc1ccccc1)COC(=O)[C@@H](CC=C)NC(=O)OCc1ccccc1. The Morgan fingerprint density at radius 1 is 0.780 bits per heavy atom. The lowest BCUT2D eigenvalue weighted by Gasteiger charge is -2.24. The quantitative estimate of drug-likeness (QED) is 0.0496. The molecule has 0 radical (unpaired) electrons. The summed E-state index contributed by atoms with van der Waals surface area (Å²) >= 11 is 0. The van der Waals surface area contributed by atoms with E-state index in [0.717, 1.165) is 11.1 Å². The fourth-order valence-corrected chi connectivity index (χ4v) is 4.66. The molecule has 0 aliphatic carbocycles. The highest BCUT2D eigenvalue weighted by Gasteiger charge is 2.26. The number of esters is 1. The number of aliphatic hydroxyl groups excluding tert-OH is 1. The number of unbranched alkanes of at least 4 members (excludes halogenated alkanes) is 1. The second-order valence-corrected chi connectivity index (χ2v) is 11.7. The van der Waals surface area contributed by atoms with Crippen LogP contribution in [0.5, 0.6) is 0 Å². The molecule has 13 nitrogen and oxygen atoms in total. The number of nitrogens with one attached hydrogen (secondary N) is 4. The second kappa shape index (κ2) is 24.0. The number of benzene rings is 2. The predicted molar refractivity (Wildman–Crippen MR) is 187 cm³/mol. The zero-order valence-electron chi connectivity index (χ0n) is 28.6. The summed E-state index contributed by atoms with van der Waals surface area (Å²) in [6.45, 7) is 8.98. The van der Waals surface area contributed by atoms with Gasteiger partial charge < -0.3 is 40.6 Å². The first-order chi connectivity index (χ1) is 24.1. The van der Waals surface area contributed by atoms with Gasteiger partial charge in [-0.15, -0.1) is 13.2 Å². The van der Waals surface area contributed by atoms with Crippen LogP contribution in [-0.4, -0.2) is 73.0 Å². The minimum atomic E-state index is -1.08. The Kier molecular flexibility index (Phi) is 19.7. The van der Waals surface area contributed by atoms with Crippen molar-refractivity contribution in [1.29, 1.82) is 0 Å². The summed E-state index contributed by atoms with van der Waals surface area (Å²) in [7, 11) is 0. The van der Waals surface area contributed by atoms with Gasteiger partial charge >= 0.3 is 18.2 Å². The molecule has 0 aromatic heterocycles. The molecule has 0 aliphatic rings. The number of alkyl carbamates (subject to hydrolysis) is 2. The third kappa shape index (κ3) is 17.3. The van der Waals surface area contributed by atoms with Gasteiger partial charge in [0.1, 0.15) is 25.9 Å². The lowest BCUT2D eigenvalue weighted by atomic mass is 9.98. The summed E-state index contributed by atoms with van der Waals surface area (Å²) in [5.41, 5.74) is 1.64. The molecule has 0 bridgehead atoms. The molecule has 2 aromatic carbocycles. The lowest BCUT2D eigenvalue weighted by Crippen LogP contribution is -2.46. The van der Waals surface area contributed by atoms with E-state index >= 15 is 0 Å². The summed E-state index contributed by atoms with van der Waals surface area (Å²) in [5, 5.41) is 20.0. The summed E-state index contributed by atoms with van der Waals surface area (Å²) in [4.78, 5) is 63.4. The Hall–Kier alpha value is -5.17. The van der Waals surface area contributed by atoms with Gasteiger partial charge in [-0.05, 0) is 50.2 Å². The molecule has 272 valence electrons. The first-order valence-corrected chi connectivity index (χ1v) is 16.7. The molecule has 0 heterocycles. The van der Waals surface area contributed by atoms with Crippen LogP contribution in [0.2, 0.25) is 0 Å². The highest BCUT2D eigenvalue weighted by Crippen LogP contribution is 2.13. The average Bonchev–Trinajstić information content (AvgIpc) is 3.12. The van der Waals surface area contributed by atoms with Crippen molar-refractivity contribution in [2.45, 2.75) is 76.8 Å². The fourth-order valence-electron chi connectivity index (χ4n) is 4.66. The van der Waals surface area contributed by atoms with Crippen LogP contribution >= 0.6 is 0 Å². The highest BCUT2D eigenvalue weighted by atomic mass is 16.6. The largest absolute Gasteiger partial charge is 0.462 e. The topological polar surface area (TPSA) is 181 Å². The molecule has 4 atom stereocenters. The first-order valence-electron chi connectivity index (χ1n) is 16.7. The summed E-state index contributed by atoms with van der Waals surface area (Å²) in [6.07, 6.45) is 3.21. The number of ether oxygens (including phenoxy) is 3. The standard InChI is InChI=1S/C37H50N4O9/c1-4-14-30(22-33(43)39-27(3)23-42)34(44)40-31(20-12-13-21-38-36(46)49-24-28-16-8-6-9-17-28)26-48-35(45)32(15-5-2)41-37(47)50-25-29-18-10-7-11-19-29/h4-11,16-19,27,30-32,42H,1-2,12-15,20-26H2,3H3,(H,38,46)(H,39,43)(H,40,44)(H,41,47)/t27-,30-,31-,32+/m0/s1. The van der Waals surface area contributed by atoms with Gasteiger partial charge in [-0.25, -0.2) is 14.4 Å². The maximum absolute atomic E-state index is 13.3. The molecule has 0 aliphatic heterocycles. The van der Waals surface area contributed by atoms with Gasteiger partial charge in [0.25, 0.3) is 0 Å². The van der Waals surface area contributed by atoms with Crippen LogP contribution in [0.25, 0.3) is 0 Å². The van der Waals surface area contributed by atoms with E-state index in [1.807, 2.05) is 48.5 Å². The van der Waals surface area contributed by atoms with Crippen LogP contribution in [0.1, 0.15) is 56.6 Å². The van der Waals surface area contributed by atoms with Crippen molar-refractivity contribution >= 4 is 30.0 Å². The van der Waals surface area contributed by atoms with Crippen LogP contribution in [0.4, 0.5) is 9.59 Å². The van der Waals surface area contributed by atoms with E-state index in [1.165, 1.54) is 12.2 Å². The van der Waals surface area contributed by atoms with E-state index in [1.54, 1.807) is 19.1 Å². The van der Waals surface area contributed by atoms with Gasteiger partial charge in [0.2, 0.25) is 11.8 Å². The third-order valence-electron chi connectivity index (χ3n) is 7.36. The number of aliphatic hydroxyl groups is 1. The highest BCUT2D eigenvalue weighted by molar-refractivity contribution is 5.86. The van der Waals surface area contributed by atoms with Crippen molar-refractivity contribution < 1.29 is 43.3 Å². The lowest BCUT2D eigenvalue weighted by molar-refractivity contribution is -0.147. The number of hydrogen-bond acceptors (Lipinski definition) is 9. The van der Waals surface area contributed by atoms with Crippen LogP contribution in [0, 0.1) is 5.92 Å². The van der Waals surface area contributed by atoms with E-state index in [0.29, 0.717) is 25.8 Å². The van der Waals surface area contributed by atoms with Gasteiger partial charge in [0.05, 0.1) is 18.6 Å². The van der Waals surface area contributed by atoms with Gasteiger partial charge in [-0.3, -0.25) is 9.59 Å². The van der Waals surface area contributed by atoms with Gasteiger partial charge in [-0.1, -0.05) is 72.8 Å². The minimum Gasteiger partial charge on any atom is -0.462 e. The number of rotatable bonds is 23. The van der Waals surface area contributed by atoms with Gasteiger partial charge in [0.15, 0.2) is 0 Å². The number of carbonyl (C=O) groups is 5. The molecule has 13 heteroatoms. The minimum absolute atomic E-state index is 0.0129. The Morgan fingerprint density at radius 2 is 1.38 bits per heavy atom. The van der Waals surface area contributed by atoms with E-state index in [-0.39, 0.29) is 45.7 Å². The molecule has 0 spiro atoms. The Balaban J connectivity index is 1.98. The van der Waals surface area contributed by atoms with Crippen molar-refractivity contribution in [2.24, 2.45) is 5.92 Å². The van der Waals surface area contributed by atoms with E-state index in [4.69, 9.17) is 14.2 Å². The molecule has 5 N–H and O–H groups in total. The number of allylic oxidation sites excluding steroid dienone is 1. The molecule has 2 rings (SSSR count). The zero-order valence-corrected chi connectivity index (χ0v) is 28.6. The Morgan fingerprint density at radius 3 is 1.96 bits per heavy atom. The van der Waals surface area contributed by atoms with Crippen LogP contribution in [0.3, 0.4) is 0 Å². The predicted octanol–water partition coefficient (Wildman–Crippen LogP) is 4.06. The molecule has 4 amide bonds. The average molecular weight is 695 g/mol. The normalized spacial score (nSPS) is 12.9. The van der Waals surface area contributed by atoms with Gasteiger partial charge in [-0.2, -0.15) is 0 Å². The molecule has 0 saturated carbocycles. The molecule has 0 saturated heterocycles. The van der Waals surface area contributed by atoms with Gasteiger partial charge in [0, 0.05) is 19.0 Å². The number of hydrogen-bond donors (Lipinski definition) is 5. The van der Waals surface area contributed by atoms with E-state index in [2.05, 4.69) is 34.4 Å². The molecule has 2 aromatic rings. The summed E-state index contributed by atoms with van der Waals surface area (Å²) in [6, 6.07) is 16.1. The molecule has 0 unspecified atom stereocenters. The summed E-state index contributed by atoms with van der Waals surface area (Å²) in [5.74, 6) is -2.35. The maximum Gasteiger partial charge on any atom is 0.408 e. The van der Waals surface area contributed by atoms with Crippen molar-refractivity contribution in [2.75, 3.05) is 19.8 Å². The molecule has 0 fully saturated rings. The maximum atomic E-state index is 13.3. The van der Waals surface area contributed by atoms with Crippen molar-refractivity contribution in [3.05, 3.63) is 97.1 Å². The Bertz CT molecular complexity index is 1360. The van der Waals surface area contributed by atoms with Crippen molar-refractivity contribution in [1.82, 2.24) is 21.3 Å². The zero-order chi connectivity index (χ0) is 36.6. The second-order valence-electron chi connectivity index (χ2n) is 11.7. The molecular formula is C37H50N4O9. The van der Waals surface area contributed by atoms with E-state index < -0.39 is 54.0 Å². The molecular weight excluding hydrogens is 644 g/mol. The van der Waals surface area contributed by atoms with Crippen molar-refractivity contribution in [3.63, 3.8) is 0 Å². The first kappa shape index (κ1) is 41.0.